The van der Waals surface area contributed by atoms with E-state index in [-0.39, 0.29) is 12.1 Å². The zero-order valence-corrected chi connectivity index (χ0v) is 12.2. The summed E-state index contributed by atoms with van der Waals surface area (Å²) < 4.78 is 15.3. The molecule has 1 aromatic heterocycles. The van der Waals surface area contributed by atoms with E-state index in [4.69, 9.17) is 0 Å². The third-order valence-electron chi connectivity index (χ3n) is 4.56. The van der Waals surface area contributed by atoms with Gasteiger partial charge in [0.25, 0.3) is 0 Å². The van der Waals surface area contributed by atoms with Crippen LogP contribution in [0.5, 0.6) is 0 Å². The maximum Gasteiger partial charge on any atom is 0.407 e. The third kappa shape index (κ3) is 1.99. The van der Waals surface area contributed by atoms with Crippen LogP contribution >= 0.6 is 0 Å². The van der Waals surface area contributed by atoms with Crippen molar-refractivity contribution in [3.8, 4) is 17.3 Å². The molecular formula is C16H13FN4O2. The van der Waals surface area contributed by atoms with E-state index in [1.54, 1.807) is 16.8 Å². The van der Waals surface area contributed by atoms with Crippen LogP contribution in [0.25, 0.3) is 11.3 Å². The molecule has 2 heterocycles. The summed E-state index contributed by atoms with van der Waals surface area (Å²) in [5.41, 5.74) is 1.52. The Morgan fingerprint density at radius 3 is 2.83 bits per heavy atom. The van der Waals surface area contributed by atoms with Gasteiger partial charge >= 0.3 is 6.09 Å². The molecule has 0 radical (unpaired) electrons. The predicted molar refractivity (Wildman–Crippen MR) is 78.0 cm³/mol. The van der Waals surface area contributed by atoms with E-state index in [2.05, 4.69) is 11.2 Å². The van der Waals surface area contributed by atoms with Crippen molar-refractivity contribution >= 4 is 6.09 Å². The first-order chi connectivity index (χ1) is 11.0. The highest BCUT2D eigenvalue weighted by Crippen LogP contribution is 2.48. The quantitative estimate of drug-likeness (QED) is 0.877. The van der Waals surface area contributed by atoms with Gasteiger partial charge in [0.05, 0.1) is 17.8 Å². The Balaban J connectivity index is 1.90. The average Bonchev–Trinajstić information content (AvgIpc) is 3.18. The summed E-state index contributed by atoms with van der Waals surface area (Å²) in [5, 5.41) is 23.4. The number of rotatable bonds is 1. The summed E-state index contributed by atoms with van der Waals surface area (Å²) in [7, 11) is 0. The number of carbonyl (C=O) groups is 1. The maximum absolute atomic E-state index is 13.5. The minimum Gasteiger partial charge on any atom is -0.465 e. The van der Waals surface area contributed by atoms with Gasteiger partial charge in [-0.2, -0.15) is 10.4 Å². The molecule has 1 aromatic carbocycles. The van der Waals surface area contributed by atoms with Crippen molar-refractivity contribution in [1.29, 1.82) is 5.26 Å². The summed E-state index contributed by atoms with van der Waals surface area (Å²) >= 11 is 0. The fourth-order valence-corrected chi connectivity index (χ4v) is 3.26. The van der Waals surface area contributed by atoms with Gasteiger partial charge in [-0.1, -0.05) is 12.1 Å². The van der Waals surface area contributed by atoms with Crippen molar-refractivity contribution in [2.24, 2.45) is 0 Å². The largest absolute Gasteiger partial charge is 0.465 e. The molecule has 0 unspecified atom stereocenters. The first kappa shape index (κ1) is 13.8. The smallest absolute Gasteiger partial charge is 0.407 e. The standard InChI is InChI=1S/C16H13FN4O2/c17-11-3-1-2-10(6-11)14-12(7-18)13-8-20(15(22)23)9-16(4-5-16)21(13)19-14/h1-3,6H,4-5,8-9H2,(H,22,23). The lowest BCUT2D eigenvalue weighted by Gasteiger charge is -2.32. The van der Waals surface area contributed by atoms with E-state index in [0.717, 1.165) is 12.8 Å². The van der Waals surface area contributed by atoms with E-state index < -0.39 is 11.9 Å². The number of hydrogen-bond donors (Lipinski definition) is 1. The fourth-order valence-electron chi connectivity index (χ4n) is 3.26. The Kier molecular flexibility index (Phi) is 2.73. The summed E-state index contributed by atoms with van der Waals surface area (Å²) in [5.74, 6) is -0.398. The highest BCUT2D eigenvalue weighted by Gasteiger charge is 2.52. The second-order valence-electron chi connectivity index (χ2n) is 6.07. The number of carboxylic acid groups (broad SMARTS) is 1. The zero-order valence-electron chi connectivity index (χ0n) is 12.2. The van der Waals surface area contributed by atoms with E-state index in [1.807, 2.05) is 0 Å². The van der Waals surface area contributed by atoms with Gasteiger partial charge in [-0.3, -0.25) is 9.58 Å². The van der Waals surface area contributed by atoms with Crippen molar-refractivity contribution in [1.82, 2.24) is 14.7 Å². The molecule has 4 rings (SSSR count). The van der Waals surface area contributed by atoms with Gasteiger partial charge in [0.2, 0.25) is 0 Å². The number of halogens is 1. The Hall–Kier alpha value is -2.88. The lowest BCUT2D eigenvalue weighted by Crippen LogP contribution is -2.45. The number of benzene rings is 1. The van der Waals surface area contributed by atoms with Crippen LogP contribution in [0, 0.1) is 17.1 Å². The molecule has 0 saturated heterocycles. The Labute approximate surface area is 131 Å². The molecule has 2 aliphatic rings. The molecule has 7 heteroatoms. The van der Waals surface area contributed by atoms with E-state index in [0.29, 0.717) is 29.1 Å². The molecule has 23 heavy (non-hydrogen) atoms. The first-order valence-corrected chi connectivity index (χ1v) is 7.30. The molecule has 1 amide bonds. The van der Waals surface area contributed by atoms with Crippen molar-refractivity contribution in [3.63, 3.8) is 0 Å². The molecule has 1 fully saturated rings. The minimum absolute atomic E-state index is 0.127. The van der Waals surface area contributed by atoms with Crippen molar-refractivity contribution < 1.29 is 14.3 Å². The van der Waals surface area contributed by atoms with E-state index in [9.17, 15) is 19.6 Å². The highest BCUT2D eigenvalue weighted by molar-refractivity contribution is 5.70. The first-order valence-electron chi connectivity index (χ1n) is 7.30. The molecule has 1 aliphatic heterocycles. The highest BCUT2D eigenvalue weighted by atomic mass is 19.1. The van der Waals surface area contributed by atoms with Crippen LogP contribution in [-0.4, -0.2) is 32.4 Å². The predicted octanol–water partition coefficient (Wildman–Crippen LogP) is 2.54. The fraction of sp³-hybridized carbons (Fsp3) is 0.312. The Morgan fingerprint density at radius 2 is 2.22 bits per heavy atom. The number of aromatic nitrogens is 2. The van der Waals surface area contributed by atoms with Crippen molar-refractivity contribution in [3.05, 3.63) is 41.3 Å². The molecule has 116 valence electrons. The monoisotopic (exact) mass is 312 g/mol. The lowest BCUT2D eigenvalue weighted by molar-refractivity contribution is 0.114. The maximum atomic E-state index is 13.5. The Morgan fingerprint density at radius 1 is 1.43 bits per heavy atom. The van der Waals surface area contributed by atoms with E-state index >= 15 is 0 Å². The van der Waals surface area contributed by atoms with Gasteiger partial charge in [0.1, 0.15) is 23.1 Å². The van der Waals surface area contributed by atoms with Crippen LogP contribution < -0.4 is 0 Å². The second kappa shape index (κ2) is 4.56. The van der Waals surface area contributed by atoms with Crippen LogP contribution in [0.15, 0.2) is 24.3 Å². The minimum atomic E-state index is -1.00. The van der Waals surface area contributed by atoms with Gasteiger partial charge < -0.3 is 5.11 Å². The van der Waals surface area contributed by atoms with Crippen LogP contribution in [0.4, 0.5) is 9.18 Å². The zero-order chi connectivity index (χ0) is 16.2. The number of nitrogens with zero attached hydrogens (tertiary/aromatic N) is 4. The van der Waals surface area contributed by atoms with E-state index in [1.165, 1.54) is 17.0 Å². The van der Waals surface area contributed by atoms with Gasteiger partial charge in [-0.05, 0) is 25.0 Å². The van der Waals surface area contributed by atoms with Gasteiger partial charge in [-0.25, -0.2) is 9.18 Å². The summed E-state index contributed by atoms with van der Waals surface area (Å²) in [6.45, 7) is 0.507. The summed E-state index contributed by atoms with van der Waals surface area (Å²) in [6.07, 6.45) is 0.664. The lowest BCUT2D eigenvalue weighted by atomic mass is 10.0. The molecule has 1 aliphatic carbocycles. The number of fused-ring (bicyclic) bond motifs is 2. The topological polar surface area (TPSA) is 82.2 Å². The number of nitriles is 1. The number of amides is 1. The molecule has 6 nitrogen and oxygen atoms in total. The van der Waals surface area contributed by atoms with Crippen molar-refractivity contribution in [2.45, 2.75) is 24.9 Å². The second-order valence-corrected chi connectivity index (χ2v) is 6.07. The molecule has 0 atom stereocenters. The molecular weight excluding hydrogens is 299 g/mol. The SMILES string of the molecule is N#Cc1c(-c2cccc(F)c2)nn2c1CN(C(=O)O)CC21CC1. The van der Waals surface area contributed by atoms with Gasteiger partial charge in [0.15, 0.2) is 0 Å². The van der Waals surface area contributed by atoms with Crippen molar-refractivity contribution in [2.75, 3.05) is 6.54 Å². The molecule has 0 bridgehead atoms. The summed E-state index contributed by atoms with van der Waals surface area (Å²) in [4.78, 5) is 12.7. The molecule has 1 saturated carbocycles. The average molecular weight is 312 g/mol. The van der Waals surface area contributed by atoms with Crippen LogP contribution in [0.2, 0.25) is 0 Å². The normalized spacial score (nSPS) is 17.7. The van der Waals surface area contributed by atoms with Gasteiger partial charge in [-0.15, -0.1) is 0 Å². The summed E-state index contributed by atoms with van der Waals surface area (Å²) in [6, 6.07) is 8.06. The van der Waals surface area contributed by atoms with Crippen LogP contribution in [0.3, 0.4) is 0 Å². The Bertz CT molecular complexity index is 863. The van der Waals surface area contributed by atoms with Crippen LogP contribution in [-0.2, 0) is 12.1 Å². The van der Waals surface area contributed by atoms with Crippen LogP contribution in [0.1, 0.15) is 24.1 Å². The molecule has 1 spiro atoms. The molecule has 1 N–H and O–H groups in total. The number of hydrogen-bond acceptors (Lipinski definition) is 3. The van der Waals surface area contributed by atoms with Gasteiger partial charge in [0, 0.05) is 12.1 Å². The third-order valence-corrected chi connectivity index (χ3v) is 4.56. The molecule has 2 aromatic rings.